The average Bonchev–Trinajstić information content (AvgIpc) is 1.87. The Kier molecular flexibility index (Phi) is 4.84. The second-order valence-electron chi connectivity index (χ2n) is 3.19. The average molecular weight is 156 g/mol. The highest BCUT2D eigenvalue weighted by atomic mass is 19.1. The van der Waals surface area contributed by atoms with Crippen molar-refractivity contribution in [3.63, 3.8) is 0 Å². The summed E-state index contributed by atoms with van der Waals surface area (Å²) in [6, 6.07) is 0. The third kappa shape index (κ3) is 4.77. The van der Waals surface area contributed by atoms with Crippen LogP contribution in [0.5, 0.6) is 0 Å². The summed E-state index contributed by atoms with van der Waals surface area (Å²) in [4.78, 5) is 0. The lowest BCUT2D eigenvalue weighted by molar-refractivity contribution is 0.558. The highest BCUT2D eigenvalue weighted by Gasteiger charge is 1.99. The van der Waals surface area contributed by atoms with Crippen LogP contribution in [0.2, 0.25) is 0 Å². The highest BCUT2D eigenvalue weighted by Crippen LogP contribution is 2.16. The summed E-state index contributed by atoms with van der Waals surface area (Å²) in [6.07, 6.45) is 2.44. The van der Waals surface area contributed by atoms with Crippen LogP contribution in [-0.4, -0.2) is 6.67 Å². The van der Waals surface area contributed by atoms with Crippen molar-refractivity contribution >= 4 is 0 Å². The number of hydrogen-bond donors (Lipinski definition) is 0. The molecule has 0 amide bonds. The molecule has 0 aromatic rings. The van der Waals surface area contributed by atoms with Gasteiger partial charge in [0.05, 0.1) is 0 Å². The van der Waals surface area contributed by atoms with Crippen LogP contribution < -0.4 is 0 Å². The quantitative estimate of drug-likeness (QED) is 0.546. The molecular weight excluding hydrogens is 139 g/mol. The van der Waals surface area contributed by atoms with Crippen molar-refractivity contribution in [2.24, 2.45) is 5.92 Å². The van der Waals surface area contributed by atoms with Gasteiger partial charge in [0, 0.05) is 0 Å². The molecule has 0 aliphatic rings. The van der Waals surface area contributed by atoms with E-state index in [1.807, 2.05) is 6.92 Å². The Morgan fingerprint density at radius 1 is 1.55 bits per heavy atom. The minimum Gasteiger partial charge on any atom is -0.247 e. The van der Waals surface area contributed by atoms with E-state index in [0.29, 0.717) is 5.92 Å². The molecule has 0 heterocycles. The Bertz CT molecular complexity index is 154. The second kappa shape index (κ2) is 5.11. The van der Waals surface area contributed by atoms with E-state index in [2.05, 4.69) is 20.4 Å². The molecule has 0 aromatic heterocycles. The fourth-order valence-corrected chi connectivity index (χ4v) is 0.766. The minimum atomic E-state index is -0.364. The number of rotatable bonds is 4. The fraction of sp³-hybridized carbons (Fsp3) is 0.600. The van der Waals surface area contributed by atoms with E-state index < -0.39 is 0 Å². The van der Waals surface area contributed by atoms with Gasteiger partial charge in [-0.15, -0.1) is 0 Å². The van der Waals surface area contributed by atoms with Gasteiger partial charge in [0.2, 0.25) is 0 Å². The summed E-state index contributed by atoms with van der Waals surface area (Å²) in [5.41, 5.74) is 2.25. The van der Waals surface area contributed by atoms with Crippen LogP contribution in [0.25, 0.3) is 0 Å². The molecule has 0 nitrogen and oxygen atoms in total. The number of allylic oxidation sites excluding steroid dienone is 3. The molecule has 1 heteroatoms. The molecule has 0 radical (unpaired) electrons. The molecule has 0 fully saturated rings. The zero-order chi connectivity index (χ0) is 8.85. The Hall–Kier alpha value is -0.590. The maximum absolute atomic E-state index is 11.8. The highest BCUT2D eigenvalue weighted by molar-refractivity contribution is 5.12. The lowest BCUT2D eigenvalue weighted by Crippen LogP contribution is -1.93. The van der Waals surface area contributed by atoms with Crippen LogP contribution >= 0.6 is 0 Å². The van der Waals surface area contributed by atoms with Crippen molar-refractivity contribution in [3.8, 4) is 0 Å². The predicted octanol–water partition coefficient (Wildman–Crippen LogP) is 3.50. The molecule has 0 saturated heterocycles. The van der Waals surface area contributed by atoms with Crippen molar-refractivity contribution in [2.75, 3.05) is 6.67 Å². The summed E-state index contributed by atoms with van der Waals surface area (Å²) in [5, 5.41) is 0. The molecule has 0 N–H and O–H groups in total. The molecule has 11 heavy (non-hydrogen) atoms. The largest absolute Gasteiger partial charge is 0.247 e. The van der Waals surface area contributed by atoms with Crippen LogP contribution in [-0.2, 0) is 0 Å². The molecular formula is C10H17F. The molecule has 0 aliphatic carbocycles. The van der Waals surface area contributed by atoms with Gasteiger partial charge in [-0.25, -0.2) is 4.39 Å². The van der Waals surface area contributed by atoms with Crippen molar-refractivity contribution in [3.05, 3.63) is 23.8 Å². The van der Waals surface area contributed by atoms with Gasteiger partial charge < -0.3 is 0 Å². The molecule has 0 aliphatic heterocycles. The molecule has 0 rings (SSSR count). The first-order chi connectivity index (χ1) is 5.07. The Labute approximate surface area is 68.8 Å². The van der Waals surface area contributed by atoms with E-state index in [0.717, 1.165) is 12.0 Å². The normalized spacial score (nSPS) is 12.3. The molecule has 0 aromatic carbocycles. The van der Waals surface area contributed by atoms with Crippen LogP contribution in [0.4, 0.5) is 4.39 Å². The molecule has 0 bridgehead atoms. The lowest BCUT2D eigenvalue weighted by atomic mass is 9.98. The van der Waals surface area contributed by atoms with E-state index in [1.54, 1.807) is 6.08 Å². The van der Waals surface area contributed by atoms with Gasteiger partial charge >= 0.3 is 0 Å². The van der Waals surface area contributed by atoms with Gasteiger partial charge in [-0.05, 0) is 19.3 Å². The Balaban J connectivity index is 3.85. The molecule has 64 valence electrons. The maximum atomic E-state index is 11.8. The SMILES string of the molecule is C=C(C/C(C)=C\CF)C(C)C. The summed E-state index contributed by atoms with van der Waals surface area (Å²) >= 11 is 0. The summed E-state index contributed by atoms with van der Waals surface area (Å²) < 4.78 is 11.8. The minimum absolute atomic E-state index is 0.364. The van der Waals surface area contributed by atoms with E-state index >= 15 is 0 Å². The molecule has 0 saturated carbocycles. The first-order valence-corrected chi connectivity index (χ1v) is 3.97. The van der Waals surface area contributed by atoms with Gasteiger partial charge in [0.1, 0.15) is 6.67 Å². The standard InChI is InChI=1S/C10H17F/c1-8(2)10(4)7-9(3)5-6-11/h5,8H,4,6-7H2,1-3H3/b9-5-. The summed E-state index contributed by atoms with van der Waals surface area (Å²) in [6.45, 7) is 9.69. The number of halogens is 1. The van der Waals surface area contributed by atoms with Gasteiger partial charge in [0.25, 0.3) is 0 Å². The Morgan fingerprint density at radius 2 is 2.09 bits per heavy atom. The zero-order valence-electron chi connectivity index (χ0n) is 7.65. The first kappa shape index (κ1) is 10.4. The number of alkyl halides is 1. The van der Waals surface area contributed by atoms with E-state index in [-0.39, 0.29) is 6.67 Å². The molecule has 0 unspecified atom stereocenters. The van der Waals surface area contributed by atoms with E-state index in [9.17, 15) is 4.39 Å². The van der Waals surface area contributed by atoms with Crippen molar-refractivity contribution in [1.82, 2.24) is 0 Å². The lowest BCUT2D eigenvalue weighted by Gasteiger charge is -2.08. The third-order valence-corrected chi connectivity index (χ3v) is 1.75. The maximum Gasteiger partial charge on any atom is 0.108 e. The first-order valence-electron chi connectivity index (χ1n) is 3.97. The summed E-state index contributed by atoms with van der Waals surface area (Å²) in [7, 11) is 0. The smallest absolute Gasteiger partial charge is 0.108 e. The summed E-state index contributed by atoms with van der Waals surface area (Å²) in [5.74, 6) is 0.498. The predicted molar refractivity (Wildman–Crippen MR) is 48.3 cm³/mol. The van der Waals surface area contributed by atoms with Crippen molar-refractivity contribution in [1.29, 1.82) is 0 Å². The molecule has 0 atom stereocenters. The van der Waals surface area contributed by atoms with Gasteiger partial charge in [-0.1, -0.05) is 37.6 Å². The van der Waals surface area contributed by atoms with Crippen LogP contribution in [0.1, 0.15) is 27.2 Å². The van der Waals surface area contributed by atoms with Crippen LogP contribution in [0.3, 0.4) is 0 Å². The number of hydrogen-bond acceptors (Lipinski definition) is 0. The monoisotopic (exact) mass is 156 g/mol. The Morgan fingerprint density at radius 3 is 2.45 bits per heavy atom. The zero-order valence-corrected chi connectivity index (χ0v) is 7.65. The third-order valence-electron chi connectivity index (χ3n) is 1.75. The van der Waals surface area contributed by atoms with Gasteiger partial charge in [-0.3, -0.25) is 0 Å². The van der Waals surface area contributed by atoms with Gasteiger partial charge in [0.15, 0.2) is 0 Å². The molecule has 0 spiro atoms. The van der Waals surface area contributed by atoms with Crippen molar-refractivity contribution < 1.29 is 4.39 Å². The van der Waals surface area contributed by atoms with Crippen LogP contribution in [0, 0.1) is 5.92 Å². The van der Waals surface area contributed by atoms with E-state index in [1.165, 1.54) is 5.57 Å². The fourth-order valence-electron chi connectivity index (χ4n) is 0.766. The topological polar surface area (TPSA) is 0 Å². The second-order valence-corrected chi connectivity index (χ2v) is 3.19. The van der Waals surface area contributed by atoms with Gasteiger partial charge in [-0.2, -0.15) is 0 Å². The van der Waals surface area contributed by atoms with Crippen molar-refractivity contribution in [2.45, 2.75) is 27.2 Å². The van der Waals surface area contributed by atoms with E-state index in [4.69, 9.17) is 0 Å². The van der Waals surface area contributed by atoms with Crippen LogP contribution in [0.15, 0.2) is 23.8 Å².